The fourth-order valence-corrected chi connectivity index (χ4v) is 4.52. The van der Waals surface area contributed by atoms with Gasteiger partial charge in [0.15, 0.2) is 0 Å². The Balaban J connectivity index is 1.44. The number of hydrogen-bond donors (Lipinski definition) is 2. The molecule has 1 heterocycles. The Labute approximate surface area is 202 Å². The molecular weight excluding hydrogens is 426 g/mol. The molecule has 3 aromatic rings. The Bertz CT molecular complexity index is 1060. The van der Waals surface area contributed by atoms with Gasteiger partial charge >= 0.3 is 6.03 Å². The van der Waals surface area contributed by atoms with E-state index in [0.717, 1.165) is 61.3 Å². The number of nitrogens with zero attached hydrogens (tertiary/aromatic N) is 2. The lowest BCUT2D eigenvalue weighted by Crippen LogP contribution is -2.43. The molecule has 1 aliphatic rings. The maximum Gasteiger partial charge on any atom is 0.318 e. The normalized spacial score (nSPS) is 15.2. The number of fused-ring (bicyclic) bond motifs is 1. The second-order valence-corrected chi connectivity index (χ2v) is 8.94. The largest absolute Gasteiger partial charge is 0.392 e. The van der Waals surface area contributed by atoms with Crippen LogP contribution in [0, 0.1) is 0 Å². The molecule has 0 aromatic heterocycles. The Kier molecular flexibility index (Phi) is 8.52. The number of amides is 2. The highest BCUT2D eigenvalue weighted by molar-refractivity contribution is 5.86. The molecule has 2 N–H and O–H groups in total. The van der Waals surface area contributed by atoms with Crippen molar-refractivity contribution in [2.24, 2.45) is 0 Å². The van der Waals surface area contributed by atoms with Crippen molar-refractivity contribution in [3.05, 3.63) is 83.4 Å². The highest BCUT2D eigenvalue weighted by atomic mass is 16.5. The number of aliphatic hydroxyl groups is 1. The summed E-state index contributed by atoms with van der Waals surface area (Å²) in [5.41, 5.74) is 3.04. The Hall–Kier alpha value is -2.93. The molecule has 6 nitrogen and oxygen atoms in total. The van der Waals surface area contributed by atoms with Crippen molar-refractivity contribution in [1.29, 1.82) is 0 Å². The van der Waals surface area contributed by atoms with E-state index in [9.17, 15) is 9.90 Å². The van der Waals surface area contributed by atoms with Crippen LogP contribution >= 0.6 is 0 Å². The lowest BCUT2D eigenvalue weighted by Gasteiger charge is -2.29. The topological polar surface area (TPSA) is 65.0 Å². The van der Waals surface area contributed by atoms with Crippen LogP contribution in [0.15, 0.2) is 66.7 Å². The van der Waals surface area contributed by atoms with Crippen LogP contribution in [0.2, 0.25) is 0 Å². The number of rotatable bonds is 9. The fraction of sp³-hybridized carbons (Fsp3) is 0.393. The van der Waals surface area contributed by atoms with Crippen LogP contribution in [-0.2, 0) is 17.9 Å². The van der Waals surface area contributed by atoms with Gasteiger partial charge in [-0.25, -0.2) is 4.79 Å². The molecule has 1 saturated heterocycles. The molecule has 180 valence electrons. The third-order valence-corrected chi connectivity index (χ3v) is 6.50. The minimum absolute atomic E-state index is 0.0204. The maximum absolute atomic E-state index is 13.4. The first-order valence-electron chi connectivity index (χ1n) is 12.2. The van der Waals surface area contributed by atoms with Crippen LogP contribution < -0.4 is 5.32 Å². The van der Waals surface area contributed by atoms with Crippen molar-refractivity contribution in [2.75, 3.05) is 39.4 Å². The van der Waals surface area contributed by atoms with Crippen molar-refractivity contribution >= 4 is 16.8 Å². The molecule has 0 saturated carbocycles. The zero-order valence-electron chi connectivity index (χ0n) is 20.0. The monoisotopic (exact) mass is 461 g/mol. The smallest absolute Gasteiger partial charge is 0.318 e. The highest BCUT2D eigenvalue weighted by Gasteiger charge is 2.19. The molecule has 2 amide bonds. The van der Waals surface area contributed by atoms with Crippen LogP contribution in [0.1, 0.15) is 36.1 Å². The lowest BCUT2D eigenvalue weighted by atomic mass is 10.00. The first-order valence-corrected chi connectivity index (χ1v) is 12.2. The summed E-state index contributed by atoms with van der Waals surface area (Å²) in [6.07, 6.45) is 0.908. The fourth-order valence-electron chi connectivity index (χ4n) is 4.52. The number of hydrogen-bond acceptors (Lipinski definition) is 4. The van der Waals surface area contributed by atoms with Crippen LogP contribution in [-0.4, -0.2) is 60.3 Å². The molecule has 1 aliphatic heterocycles. The molecule has 6 heteroatoms. The zero-order chi connectivity index (χ0) is 23.8. The number of carbonyl (C=O) groups is 1. The Morgan fingerprint density at radius 1 is 1.03 bits per heavy atom. The molecule has 3 aromatic carbocycles. The quantitative estimate of drug-likeness (QED) is 0.498. The second-order valence-electron chi connectivity index (χ2n) is 8.94. The van der Waals surface area contributed by atoms with Crippen LogP contribution in [0.4, 0.5) is 4.79 Å². The average molecular weight is 462 g/mol. The molecule has 0 spiro atoms. The zero-order valence-corrected chi connectivity index (χ0v) is 20.0. The van der Waals surface area contributed by atoms with Crippen molar-refractivity contribution in [1.82, 2.24) is 15.1 Å². The predicted octanol–water partition coefficient (Wildman–Crippen LogP) is 4.33. The van der Waals surface area contributed by atoms with E-state index in [1.807, 2.05) is 54.3 Å². The van der Waals surface area contributed by atoms with E-state index in [0.29, 0.717) is 13.1 Å². The number of ether oxygens (including phenoxy) is 1. The Morgan fingerprint density at radius 3 is 2.50 bits per heavy atom. The van der Waals surface area contributed by atoms with Gasteiger partial charge in [-0.2, -0.15) is 0 Å². The van der Waals surface area contributed by atoms with Gasteiger partial charge in [-0.15, -0.1) is 0 Å². The molecular formula is C28H35N3O3. The molecule has 0 aliphatic carbocycles. The predicted molar refractivity (Wildman–Crippen MR) is 136 cm³/mol. The van der Waals surface area contributed by atoms with Gasteiger partial charge in [0, 0.05) is 32.7 Å². The number of carbonyl (C=O) groups excluding carboxylic acids is 1. The van der Waals surface area contributed by atoms with Crippen molar-refractivity contribution in [2.45, 2.75) is 32.5 Å². The third kappa shape index (κ3) is 6.35. The van der Waals surface area contributed by atoms with Gasteiger partial charge < -0.3 is 20.1 Å². The van der Waals surface area contributed by atoms with E-state index in [4.69, 9.17) is 4.74 Å². The van der Waals surface area contributed by atoms with Gasteiger partial charge in [-0.05, 0) is 40.8 Å². The third-order valence-electron chi connectivity index (χ3n) is 6.50. The number of urea groups is 1. The minimum Gasteiger partial charge on any atom is -0.392 e. The van der Waals surface area contributed by atoms with E-state index >= 15 is 0 Å². The number of nitrogens with one attached hydrogen (secondary N) is 1. The highest BCUT2D eigenvalue weighted by Crippen LogP contribution is 2.24. The first kappa shape index (κ1) is 24.2. The van der Waals surface area contributed by atoms with Crippen molar-refractivity contribution < 1.29 is 14.6 Å². The van der Waals surface area contributed by atoms with E-state index in [1.54, 1.807) is 0 Å². The molecule has 4 rings (SSSR count). The van der Waals surface area contributed by atoms with Gasteiger partial charge in [0.1, 0.15) is 0 Å². The van der Waals surface area contributed by atoms with E-state index in [1.165, 1.54) is 5.39 Å². The summed E-state index contributed by atoms with van der Waals surface area (Å²) in [7, 11) is 0. The molecule has 1 fully saturated rings. The molecule has 1 atom stereocenters. The standard InChI is InChI=1S/C28H35N3O3/c1-22(26-9-4-7-25-6-2-3-8-27(25)26)29-28(33)31(15-5-14-30-16-18-34-19-17-30)20-23-10-12-24(21-32)13-11-23/h2-4,6-13,22,32H,5,14-21H2,1H3,(H,29,33). The van der Waals surface area contributed by atoms with Crippen LogP contribution in [0.3, 0.4) is 0 Å². The summed E-state index contributed by atoms with van der Waals surface area (Å²) in [6, 6.07) is 22.1. The summed E-state index contributed by atoms with van der Waals surface area (Å²) >= 11 is 0. The van der Waals surface area contributed by atoms with E-state index in [-0.39, 0.29) is 18.7 Å². The molecule has 1 unspecified atom stereocenters. The van der Waals surface area contributed by atoms with Gasteiger partial charge in [0.05, 0.1) is 25.9 Å². The summed E-state index contributed by atoms with van der Waals surface area (Å²) in [5.74, 6) is 0. The molecule has 0 radical (unpaired) electrons. The number of aliphatic hydroxyl groups excluding tert-OH is 1. The van der Waals surface area contributed by atoms with Crippen LogP contribution in [0.5, 0.6) is 0 Å². The molecule has 34 heavy (non-hydrogen) atoms. The Morgan fingerprint density at radius 2 is 1.74 bits per heavy atom. The summed E-state index contributed by atoms with van der Waals surface area (Å²) in [4.78, 5) is 17.7. The summed E-state index contributed by atoms with van der Waals surface area (Å²) in [5, 5.41) is 14.9. The summed E-state index contributed by atoms with van der Waals surface area (Å²) < 4.78 is 5.45. The second kappa shape index (κ2) is 12.0. The summed E-state index contributed by atoms with van der Waals surface area (Å²) in [6.45, 7) is 7.69. The SMILES string of the molecule is CC(NC(=O)N(CCCN1CCOCC1)Cc1ccc(CO)cc1)c1cccc2ccccc12. The maximum atomic E-state index is 13.4. The van der Waals surface area contributed by atoms with Gasteiger partial charge in [0.2, 0.25) is 0 Å². The van der Waals surface area contributed by atoms with E-state index < -0.39 is 0 Å². The average Bonchev–Trinajstić information content (AvgIpc) is 2.88. The van der Waals surface area contributed by atoms with Gasteiger partial charge in [-0.3, -0.25) is 4.90 Å². The number of morpholine rings is 1. The first-order chi connectivity index (χ1) is 16.6. The molecule has 0 bridgehead atoms. The van der Waals surface area contributed by atoms with Gasteiger partial charge in [0.25, 0.3) is 0 Å². The van der Waals surface area contributed by atoms with Crippen molar-refractivity contribution in [3.63, 3.8) is 0 Å². The van der Waals surface area contributed by atoms with Crippen LogP contribution in [0.25, 0.3) is 10.8 Å². The van der Waals surface area contributed by atoms with E-state index in [2.05, 4.69) is 34.5 Å². The minimum atomic E-state index is -0.114. The number of benzene rings is 3. The van der Waals surface area contributed by atoms with Crippen molar-refractivity contribution in [3.8, 4) is 0 Å². The van der Waals surface area contributed by atoms with Gasteiger partial charge in [-0.1, -0.05) is 66.7 Å². The lowest BCUT2D eigenvalue weighted by molar-refractivity contribution is 0.0364.